The van der Waals surface area contributed by atoms with Crippen LogP contribution in [0.3, 0.4) is 0 Å². The zero-order valence-electron chi connectivity index (χ0n) is 30.6. The Bertz CT molecular complexity index is 1950. The van der Waals surface area contributed by atoms with Crippen LogP contribution >= 0.6 is 11.6 Å². The molecule has 2 aromatic carbocycles. The van der Waals surface area contributed by atoms with Gasteiger partial charge >= 0.3 is 6.18 Å². The third-order valence-electron chi connectivity index (χ3n) is 8.87. The topological polar surface area (TPSA) is 158 Å². The van der Waals surface area contributed by atoms with Gasteiger partial charge in [-0.25, -0.2) is 9.98 Å². The molecule has 6 bridgehead atoms. The summed E-state index contributed by atoms with van der Waals surface area (Å²) in [5.41, 5.74) is 2.36. The first-order valence-electron chi connectivity index (χ1n) is 17.9. The summed E-state index contributed by atoms with van der Waals surface area (Å²) in [7, 11) is 0. The maximum atomic E-state index is 14.2. The highest BCUT2D eigenvalue weighted by atomic mass is 35.5. The zero-order chi connectivity index (χ0) is 39.2. The molecule has 3 unspecified atom stereocenters. The standard InChI is InChI=1S/C38H44ClF3N8O5/c1-23-6-4-7-26(16-23)31-30(45-22-55-31)33(52)50-14-5-15-53-29-13-8-24(17-28(29)39)18-43-34-47-35(49-36(48-34)54-21-38(40,41)42)46-27-11-9-25(10-12-27)32(51)44-19-37(2,3)20-50/h4,7-13,16-17,22-23,32,34,43-44,51H,5-6,14-15,18-21H2,1-3H3,(H2,46,47,48,49). The van der Waals surface area contributed by atoms with Gasteiger partial charge in [-0.2, -0.15) is 18.2 Å². The van der Waals surface area contributed by atoms with Crippen molar-refractivity contribution in [1.82, 2.24) is 25.8 Å². The second kappa shape index (κ2) is 17.3. The van der Waals surface area contributed by atoms with E-state index in [0.29, 0.717) is 59.8 Å². The maximum absolute atomic E-state index is 14.2. The van der Waals surface area contributed by atoms with E-state index in [0.717, 1.165) is 17.6 Å². The van der Waals surface area contributed by atoms with Gasteiger partial charge in [0.05, 0.1) is 11.6 Å². The number of alkyl halides is 3. The van der Waals surface area contributed by atoms with Gasteiger partial charge in [-0.05, 0) is 59.6 Å². The average Bonchev–Trinajstić information content (AvgIpc) is 3.64. The quantitative estimate of drug-likeness (QED) is 0.207. The molecule has 9 rings (SSSR count). The van der Waals surface area contributed by atoms with Gasteiger partial charge in [0.25, 0.3) is 11.9 Å². The molecule has 5 N–H and O–H groups in total. The third kappa shape index (κ3) is 11.1. The summed E-state index contributed by atoms with van der Waals surface area (Å²) in [6.07, 6.45) is 2.12. The number of halogens is 4. The fraction of sp³-hybridized carbons (Fsp3) is 0.421. The number of aliphatic hydroxyl groups excluding tert-OH is 1. The first-order chi connectivity index (χ1) is 26.2. The maximum Gasteiger partial charge on any atom is 0.422 e. The van der Waals surface area contributed by atoms with Gasteiger partial charge in [0.1, 0.15) is 12.0 Å². The lowest BCUT2D eigenvalue weighted by Gasteiger charge is -2.33. The number of carbonyl (C=O) groups excluding carboxylic acids is 1. The lowest BCUT2D eigenvalue weighted by atomic mass is 9.91. The SMILES string of the molecule is CC1C=C(c2ocnc2C(=O)N2CCCOc3ccc(cc3Cl)CNC3N=C(NC(OCC(F)(F)F)=N3)Nc3ccc(cc3)C(O)NCC(C)(C)C2)C=CC1. The fourth-order valence-corrected chi connectivity index (χ4v) is 6.43. The van der Waals surface area contributed by atoms with Crippen LogP contribution in [0.25, 0.3) is 5.57 Å². The molecule has 1 aliphatic carbocycles. The number of benzene rings is 2. The highest BCUT2D eigenvalue weighted by Crippen LogP contribution is 2.29. The number of rotatable bonds is 3. The Labute approximate surface area is 321 Å². The number of ether oxygens (including phenoxy) is 2. The molecule has 0 radical (unpaired) electrons. The number of aliphatic hydroxyl groups is 1. The molecule has 13 nitrogen and oxygen atoms in total. The number of carbonyl (C=O) groups is 1. The van der Waals surface area contributed by atoms with Gasteiger partial charge in [-0.1, -0.05) is 68.8 Å². The van der Waals surface area contributed by atoms with Crippen molar-refractivity contribution in [2.24, 2.45) is 21.3 Å². The summed E-state index contributed by atoms with van der Waals surface area (Å²) in [5, 5.41) is 23.4. The number of nitrogens with zero attached hydrogens (tertiary/aromatic N) is 4. The predicted octanol–water partition coefficient (Wildman–Crippen LogP) is 6.22. The molecule has 3 aromatic rings. The van der Waals surface area contributed by atoms with E-state index in [1.165, 1.54) is 6.39 Å². The van der Waals surface area contributed by atoms with Crippen molar-refractivity contribution in [1.29, 1.82) is 0 Å². The molecule has 55 heavy (non-hydrogen) atoms. The average molecular weight is 785 g/mol. The van der Waals surface area contributed by atoms with Gasteiger partial charge in [-0.3, -0.25) is 20.7 Å². The molecule has 17 heteroatoms. The minimum Gasteiger partial charge on any atom is -0.492 e. The number of oxazole rings is 1. The molecule has 6 heterocycles. The molecule has 6 aliphatic rings. The fourth-order valence-electron chi connectivity index (χ4n) is 6.17. The predicted molar refractivity (Wildman–Crippen MR) is 202 cm³/mol. The molecular formula is C38H44ClF3N8O5. The van der Waals surface area contributed by atoms with Gasteiger partial charge in [-0.15, -0.1) is 0 Å². The Hall–Kier alpha value is -4.90. The third-order valence-corrected chi connectivity index (χ3v) is 9.17. The molecule has 0 fully saturated rings. The largest absolute Gasteiger partial charge is 0.492 e. The minimum absolute atomic E-state index is 0.0902. The van der Waals surface area contributed by atoms with Crippen molar-refractivity contribution < 1.29 is 37.0 Å². The van der Waals surface area contributed by atoms with Gasteiger partial charge < -0.3 is 29.2 Å². The van der Waals surface area contributed by atoms with E-state index in [1.807, 2.05) is 19.9 Å². The molecule has 5 aliphatic heterocycles. The van der Waals surface area contributed by atoms with E-state index in [-0.39, 0.29) is 36.7 Å². The lowest BCUT2D eigenvalue weighted by molar-refractivity contribution is -0.156. The summed E-state index contributed by atoms with van der Waals surface area (Å²) in [5.74, 6) is 0.970. The van der Waals surface area contributed by atoms with Crippen molar-refractivity contribution in [3.05, 3.63) is 94.7 Å². The summed E-state index contributed by atoms with van der Waals surface area (Å²) >= 11 is 6.59. The smallest absolute Gasteiger partial charge is 0.422 e. The van der Waals surface area contributed by atoms with Crippen molar-refractivity contribution in [3.63, 3.8) is 0 Å². The van der Waals surface area contributed by atoms with Crippen LogP contribution in [0.1, 0.15) is 67.2 Å². The highest BCUT2D eigenvalue weighted by molar-refractivity contribution is 6.32. The monoisotopic (exact) mass is 784 g/mol. The van der Waals surface area contributed by atoms with Crippen LogP contribution in [-0.2, 0) is 11.3 Å². The summed E-state index contributed by atoms with van der Waals surface area (Å²) in [6.45, 7) is 6.00. The molecule has 0 spiro atoms. The molecule has 294 valence electrons. The lowest BCUT2D eigenvalue weighted by Crippen LogP contribution is -2.45. The summed E-state index contributed by atoms with van der Waals surface area (Å²) in [4.78, 5) is 28.8. The second-order valence-corrected chi connectivity index (χ2v) is 14.8. The number of guanidine groups is 1. The van der Waals surface area contributed by atoms with Crippen molar-refractivity contribution in [2.75, 3.05) is 38.2 Å². The number of aromatic nitrogens is 1. The van der Waals surface area contributed by atoms with Crippen LogP contribution < -0.4 is 26.0 Å². The van der Waals surface area contributed by atoms with Crippen LogP contribution in [-0.4, -0.2) is 78.2 Å². The summed E-state index contributed by atoms with van der Waals surface area (Å²) in [6, 6.07) is 11.6. The first kappa shape index (κ1) is 39.8. The zero-order valence-corrected chi connectivity index (χ0v) is 31.4. The van der Waals surface area contributed by atoms with E-state index in [1.54, 1.807) is 47.4 Å². The normalized spacial score (nSPS) is 22.3. The molecule has 1 amide bonds. The molecule has 0 saturated carbocycles. The Morgan fingerprint density at radius 3 is 2.67 bits per heavy atom. The number of allylic oxidation sites excluding steroid dienone is 4. The first-order valence-corrected chi connectivity index (χ1v) is 18.3. The van der Waals surface area contributed by atoms with Crippen molar-refractivity contribution >= 4 is 40.7 Å². The second-order valence-electron chi connectivity index (χ2n) is 14.4. The van der Waals surface area contributed by atoms with Gasteiger partial charge in [0.15, 0.2) is 24.5 Å². The van der Waals surface area contributed by atoms with Gasteiger partial charge in [0.2, 0.25) is 12.2 Å². The van der Waals surface area contributed by atoms with E-state index >= 15 is 0 Å². The van der Waals surface area contributed by atoms with Gasteiger partial charge in [0, 0.05) is 37.4 Å². The van der Waals surface area contributed by atoms with E-state index < -0.39 is 30.7 Å². The molecule has 0 saturated heterocycles. The van der Waals surface area contributed by atoms with Crippen LogP contribution in [0, 0.1) is 11.3 Å². The minimum atomic E-state index is -4.57. The molecular weight excluding hydrogens is 741 g/mol. The molecule has 1 aromatic heterocycles. The van der Waals surface area contributed by atoms with Crippen LogP contribution in [0.4, 0.5) is 18.9 Å². The summed E-state index contributed by atoms with van der Waals surface area (Å²) < 4.78 is 55.6. The number of amides is 1. The van der Waals surface area contributed by atoms with E-state index in [4.69, 9.17) is 25.5 Å². The van der Waals surface area contributed by atoms with Crippen LogP contribution in [0.5, 0.6) is 5.75 Å². The van der Waals surface area contributed by atoms with Crippen LogP contribution in [0.15, 0.2) is 81.5 Å². The van der Waals surface area contributed by atoms with Crippen molar-refractivity contribution in [3.8, 4) is 5.75 Å². The number of amidine groups is 1. The number of hydrogen-bond acceptors (Lipinski definition) is 12. The Kier molecular flexibility index (Phi) is 12.5. The Morgan fingerprint density at radius 1 is 1.13 bits per heavy atom. The Morgan fingerprint density at radius 2 is 1.93 bits per heavy atom. The number of anilines is 1. The van der Waals surface area contributed by atoms with E-state index in [2.05, 4.69) is 55.3 Å². The van der Waals surface area contributed by atoms with E-state index in [9.17, 15) is 23.1 Å². The number of hydrogen-bond donors (Lipinski definition) is 5. The number of aliphatic imine (C=N–C) groups is 2. The van der Waals surface area contributed by atoms with Crippen molar-refractivity contribution in [2.45, 2.75) is 58.9 Å². The van der Waals surface area contributed by atoms with Crippen LogP contribution in [0.2, 0.25) is 5.02 Å². The molecule has 3 atom stereocenters. The Balaban J connectivity index is 1.23. The number of nitrogens with one attached hydrogen (secondary N) is 4. The highest BCUT2D eigenvalue weighted by Gasteiger charge is 2.32.